The third kappa shape index (κ3) is 4.34. The van der Waals surface area contributed by atoms with E-state index in [1.807, 2.05) is 25.1 Å². The summed E-state index contributed by atoms with van der Waals surface area (Å²) in [6.45, 7) is 5.11. The van der Waals surface area contributed by atoms with Gasteiger partial charge in [-0.1, -0.05) is 12.1 Å². The molecule has 2 aromatic heterocycles. The van der Waals surface area contributed by atoms with Crippen molar-refractivity contribution >= 4 is 34.5 Å². The molecule has 0 saturated carbocycles. The maximum absolute atomic E-state index is 12.3. The predicted octanol–water partition coefficient (Wildman–Crippen LogP) is 3.55. The van der Waals surface area contributed by atoms with Crippen LogP contribution in [0, 0.1) is 13.8 Å². The first-order valence-electron chi connectivity index (χ1n) is 7.98. The van der Waals surface area contributed by atoms with E-state index in [9.17, 15) is 9.59 Å². The van der Waals surface area contributed by atoms with Crippen LogP contribution in [0.5, 0.6) is 0 Å². The molecule has 0 aliphatic rings. The van der Waals surface area contributed by atoms with Crippen LogP contribution in [0.15, 0.2) is 34.7 Å². The van der Waals surface area contributed by atoms with Crippen LogP contribution in [0.25, 0.3) is 10.8 Å². The zero-order valence-corrected chi connectivity index (χ0v) is 15.4. The van der Waals surface area contributed by atoms with Gasteiger partial charge in [-0.15, -0.1) is 21.5 Å². The van der Waals surface area contributed by atoms with Crippen LogP contribution in [0.2, 0.25) is 0 Å². The van der Waals surface area contributed by atoms with Gasteiger partial charge >= 0.3 is 0 Å². The average molecular weight is 370 g/mol. The van der Waals surface area contributed by atoms with E-state index in [0.29, 0.717) is 17.5 Å². The second-order valence-corrected chi connectivity index (χ2v) is 7.07. The Kier molecular flexibility index (Phi) is 5.13. The van der Waals surface area contributed by atoms with Gasteiger partial charge in [-0.25, -0.2) is 0 Å². The molecule has 2 heterocycles. The van der Waals surface area contributed by atoms with E-state index in [2.05, 4.69) is 20.8 Å². The number of benzene rings is 1. The summed E-state index contributed by atoms with van der Waals surface area (Å²) < 4.78 is 5.42. The zero-order valence-electron chi connectivity index (χ0n) is 14.6. The molecule has 0 spiro atoms. The molecule has 0 unspecified atom stereocenters. The van der Waals surface area contributed by atoms with Crippen LogP contribution in [0.3, 0.4) is 0 Å². The molecule has 26 heavy (non-hydrogen) atoms. The van der Waals surface area contributed by atoms with Crippen LogP contribution in [0.4, 0.5) is 11.4 Å². The topological polar surface area (TPSA) is 97.1 Å². The lowest BCUT2D eigenvalue weighted by atomic mass is 10.1. The Morgan fingerprint density at radius 2 is 1.85 bits per heavy atom. The van der Waals surface area contributed by atoms with Crippen molar-refractivity contribution in [1.29, 1.82) is 0 Å². The molecule has 3 aromatic rings. The van der Waals surface area contributed by atoms with Crippen LogP contribution in [-0.2, 0) is 16.0 Å². The SMILES string of the molecule is CC(=O)Nc1ccc(CC(=O)Nc2cc(-c3nnc(C)o3)sc2C)cc1. The Hall–Kier alpha value is -3.00. The van der Waals surface area contributed by atoms with Gasteiger partial charge in [0.25, 0.3) is 5.89 Å². The Bertz CT molecular complexity index is 944. The molecule has 3 rings (SSSR count). The van der Waals surface area contributed by atoms with Gasteiger partial charge in [-0.05, 0) is 30.7 Å². The normalized spacial score (nSPS) is 10.6. The number of nitrogens with zero attached hydrogens (tertiary/aromatic N) is 2. The third-order valence-electron chi connectivity index (χ3n) is 3.57. The van der Waals surface area contributed by atoms with Crippen molar-refractivity contribution in [3.8, 4) is 10.8 Å². The van der Waals surface area contributed by atoms with Crippen molar-refractivity contribution < 1.29 is 14.0 Å². The highest BCUT2D eigenvalue weighted by Crippen LogP contribution is 2.33. The minimum Gasteiger partial charge on any atom is -0.420 e. The second kappa shape index (κ2) is 7.49. The largest absolute Gasteiger partial charge is 0.420 e. The number of amides is 2. The average Bonchev–Trinajstić information content (AvgIpc) is 3.15. The molecule has 0 saturated heterocycles. The standard InChI is InChI=1S/C18H18N4O3S/c1-10-15(9-16(26-10)18-22-21-12(3)25-18)20-17(24)8-13-4-6-14(7-5-13)19-11(2)23/h4-7,9H,8H2,1-3H3,(H,19,23)(H,20,24). The van der Waals surface area contributed by atoms with Gasteiger partial charge in [-0.3, -0.25) is 9.59 Å². The molecule has 0 aliphatic carbocycles. The molecule has 8 heteroatoms. The summed E-state index contributed by atoms with van der Waals surface area (Å²) in [6, 6.07) is 9.02. The van der Waals surface area contributed by atoms with Crippen molar-refractivity contribution in [2.75, 3.05) is 10.6 Å². The smallest absolute Gasteiger partial charge is 0.257 e. The molecule has 0 fully saturated rings. The Morgan fingerprint density at radius 3 is 2.46 bits per heavy atom. The van der Waals surface area contributed by atoms with Crippen LogP contribution < -0.4 is 10.6 Å². The van der Waals surface area contributed by atoms with E-state index >= 15 is 0 Å². The Balaban J connectivity index is 1.65. The first-order chi connectivity index (χ1) is 12.4. The maximum Gasteiger partial charge on any atom is 0.257 e. The first-order valence-corrected chi connectivity index (χ1v) is 8.79. The fourth-order valence-electron chi connectivity index (χ4n) is 2.40. The molecule has 0 radical (unpaired) electrons. The van der Waals surface area contributed by atoms with E-state index in [0.717, 1.165) is 21.0 Å². The lowest BCUT2D eigenvalue weighted by Crippen LogP contribution is -2.14. The van der Waals surface area contributed by atoms with Crippen molar-refractivity contribution in [2.24, 2.45) is 0 Å². The van der Waals surface area contributed by atoms with E-state index in [1.54, 1.807) is 19.1 Å². The van der Waals surface area contributed by atoms with E-state index < -0.39 is 0 Å². The first kappa shape index (κ1) is 17.8. The van der Waals surface area contributed by atoms with Crippen LogP contribution in [-0.4, -0.2) is 22.0 Å². The number of aromatic nitrogens is 2. The predicted molar refractivity (Wildman–Crippen MR) is 100 cm³/mol. The molecular formula is C18H18N4O3S. The van der Waals surface area contributed by atoms with Gasteiger partial charge in [0.2, 0.25) is 17.7 Å². The fourth-order valence-corrected chi connectivity index (χ4v) is 3.29. The number of hydrogen-bond donors (Lipinski definition) is 2. The number of hydrogen-bond acceptors (Lipinski definition) is 6. The second-order valence-electron chi connectivity index (χ2n) is 5.81. The summed E-state index contributed by atoms with van der Waals surface area (Å²) >= 11 is 1.49. The quantitative estimate of drug-likeness (QED) is 0.716. The number of carbonyl (C=O) groups is 2. The highest BCUT2D eigenvalue weighted by molar-refractivity contribution is 7.15. The van der Waals surface area contributed by atoms with Gasteiger partial charge in [0, 0.05) is 24.4 Å². The maximum atomic E-state index is 12.3. The highest BCUT2D eigenvalue weighted by atomic mass is 32.1. The summed E-state index contributed by atoms with van der Waals surface area (Å²) in [5, 5.41) is 13.4. The number of rotatable bonds is 5. The summed E-state index contributed by atoms with van der Waals surface area (Å²) in [5.41, 5.74) is 2.30. The fraction of sp³-hybridized carbons (Fsp3) is 0.222. The number of nitrogens with one attached hydrogen (secondary N) is 2. The van der Waals surface area contributed by atoms with E-state index in [1.165, 1.54) is 18.3 Å². The molecule has 2 N–H and O–H groups in total. The van der Waals surface area contributed by atoms with Crippen LogP contribution in [0.1, 0.15) is 23.3 Å². The number of carbonyl (C=O) groups excluding carboxylic acids is 2. The van der Waals surface area contributed by atoms with Gasteiger partial charge in [0.1, 0.15) is 0 Å². The lowest BCUT2D eigenvalue weighted by Gasteiger charge is -2.06. The molecule has 134 valence electrons. The third-order valence-corrected chi connectivity index (χ3v) is 4.61. The molecular weight excluding hydrogens is 352 g/mol. The minimum atomic E-state index is -0.129. The summed E-state index contributed by atoms with van der Waals surface area (Å²) in [7, 11) is 0. The molecule has 7 nitrogen and oxygen atoms in total. The van der Waals surface area contributed by atoms with Gasteiger partial charge < -0.3 is 15.1 Å². The van der Waals surface area contributed by atoms with Gasteiger partial charge in [-0.2, -0.15) is 0 Å². The van der Waals surface area contributed by atoms with Crippen molar-refractivity contribution in [3.05, 3.63) is 46.7 Å². The highest BCUT2D eigenvalue weighted by Gasteiger charge is 2.14. The molecule has 0 bridgehead atoms. The summed E-state index contributed by atoms with van der Waals surface area (Å²) in [6.07, 6.45) is 0.241. The van der Waals surface area contributed by atoms with Crippen LogP contribution >= 0.6 is 11.3 Å². The Morgan fingerprint density at radius 1 is 1.12 bits per heavy atom. The number of thiophene rings is 1. The van der Waals surface area contributed by atoms with Crippen molar-refractivity contribution in [3.63, 3.8) is 0 Å². The molecule has 2 amide bonds. The van der Waals surface area contributed by atoms with Gasteiger partial charge in [0.15, 0.2) is 0 Å². The number of aryl methyl sites for hydroxylation is 2. The summed E-state index contributed by atoms with van der Waals surface area (Å²) in [4.78, 5) is 25.1. The van der Waals surface area contributed by atoms with Gasteiger partial charge in [0.05, 0.1) is 17.0 Å². The monoisotopic (exact) mass is 370 g/mol. The lowest BCUT2D eigenvalue weighted by molar-refractivity contribution is -0.116. The Labute approximate surface area is 154 Å². The molecule has 0 aliphatic heterocycles. The van der Waals surface area contributed by atoms with E-state index in [-0.39, 0.29) is 18.2 Å². The van der Waals surface area contributed by atoms with E-state index in [4.69, 9.17) is 4.42 Å². The summed E-state index contributed by atoms with van der Waals surface area (Å²) in [5.74, 6) is 0.700. The molecule has 1 aromatic carbocycles. The zero-order chi connectivity index (χ0) is 18.7. The molecule has 0 atom stereocenters. The van der Waals surface area contributed by atoms with Crippen molar-refractivity contribution in [2.45, 2.75) is 27.2 Å². The minimum absolute atomic E-state index is 0.119. The van der Waals surface area contributed by atoms with Crippen molar-refractivity contribution in [1.82, 2.24) is 10.2 Å². The number of anilines is 2.